The Hall–Kier alpha value is -1.95. The van der Waals surface area contributed by atoms with Crippen molar-refractivity contribution in [3.8, 4) is 0 Å². The molecule has 2 N–H and O–H groups in total. The summed E-state index contributed by atoms with van der Waals surface area (Å²) in [6.07, 6.45) is 5.20. The molecule has 0 radical (unpaired) electrons. The van der Waals surface area contributed by atoms with Crippen LogP contribution >= 0.6 is 15.9 Å². The number of carbonyl (C=O) groups is 1. The number of hydrogen-bond donors (Lipinski definition) is 2. The minimum atomic E-state index is -0.109. The van der Waals surface area contributed by atoms with Crippen molar-refractivity contribution in [1.29, 1.82) is 0 Å². The number of nitrogens with zero attached hydrogens (tertiary/aromatic N) is 2. The summed E-state index contributed by atoms with van der Waals surface area (Å²) in [5.41, 5.74) is 1.38. The number of hydrogen-bond acceptors (Lipinski definition) is 4. The maximum absolute atomic E-state index is 11.8. The lowest BCUT2D eigenvalue weighted by Crippen LogP contribution is -2.25. The van der Waals surface area contributed by atoms with E-state index in [-0.39, 0.29) is 5.91 Å². The molecule has 6 heteroatoms. The van der Waals surface area contributed by atoms with Gasteiger partial charge < -0.3 is 10.6 Å². The average molecular weight is 333 g/mol. The van der Waals surface area contributed by atoms with Crippen LogP contribution in [0.15, 0.2) is 41.1 Å². The Morgan fingerprint density at radius 2 is 1.80 bits per heavy atom. The van der Waals surface area contributed by atoms with Gasteiger partial charge in [0.1, 0.15) is 0 Å². The van der Waals surface area contributed by atoms with E-state index in [1.807, 2.05) is 24.3 Å². The van der Waals surface area contributed by atoms with E-state index in [1.54, 1.807) is 0 Å². The fourth-order valence-electron chi connectivity index (χ4n) is 1.67. The Bertz CT molecular complexity index is 608. The molecule has 5 nitrogen and oxygen atoms in total. The van der Waals surface area contributed by atoms with Crippen LogP contribution in [0.25, 0.3) is 0 Å². The third-order valence-electron chi connectivity index (χ3n) is 2.93. The predicted octanol–water partition coefficient (Wildman–Crippen LogP) is 2.87. The lowest BCUT2D eigenvalue weighted by molar-refractivity contribution is 0.0950. The molecule has 20 heavy (non-hydrogen) atoms. The van der Waals surface area contributed by atoms with E-state index in [0.717, 1.165) is 23.0 Å². The van der Waals surface area contributed by atoms with Gasteiger partial charge in [-0.05, 0) is 37.1 Å². The van der Waals surface area contributed by atoms with Crippen molar-refractivity contribution in [3.63, 3.8) is 0 Å². The number of amides is 1. The topological polar surface area (TPSA) is 66.9 Å². The molecule has 0 atom stereocenters. The van der Waals surface area contributed by atoms with Crippen LogP contribution in [0.4, 0.5) is 11.6 Å². The summed E-state index contributed by atoms with van der Waals surface area (Å²) < 4.78 is 1.01. The highest BCUT2D eigenvalue weighted by Gasteiger charge is 2.23. The molecule has 0 unspecified atom stereocenters. The standard InChI is InChI=1S/C14H13BrN4O/c15-10-1-3-12(4-2-10)19-14-16-7-9(8-17-14)13(20)18-11-5-6-11/h1-4,7-8,11H,5-6H2,(H,18,20)(H,16,17,19). The third-order valence-corrected chi connectivity index (χ3v) is 3.46. The minimum Gasteiger partial charge on any atom is -0.349 e. The first kappa shape index (κ1) is 13.1. The van der Waals surface area contributed by atoms with Crippen molar-refractivity contribution in [2.45, 2.75) is 18.9 Å². The van der Waals surface area contributed by atoms with Gasteiger partial charge in [-0.1, -0.05) is 15.9 Å². The Kier molecular flexibility index (Phi) is 3.64. The summed E-state index contributed by atoms with van der Waals surface area (Å²) in [6, 6.07) is 8.03. The van der Waals surface area contributed by atoms with E-state index in [4.69, 9.17) is 0 Å². The molecule has 1 fully saturated rings. The van der Waals surface area contributed by atoms with Gasteiger partial charge in [-0.25, -0.2) is 9.97 Å². The van der Waals surface area contributed by atoms with Crippen molar-refractivity contribution < 1.29 is 4.79 Å². The molecule has 1 amide bonds. The van der Waals surface area contributed by atoms with E-state index in [0.29, 0.717) is 17.6 Å². The highest BCUT2D eigenvalue weighted by atomic mass is 79.9. The zero-order chi connectivity index (χ0) is 13.9. The van der Waals surface area contributed by atoms with Gasteiger partial charge in [0.15, 0.2) is 0 Å². The fourth-order valence-corrected chi connectivity index (χ4v) is 1.93. The van der Waals surface area contributed by atoms with Gasteiger partial charge in [0.05, 0.1) is 5.56 Å². The quantitative estimate of drug-likeness (QED) is 0.903. The van der Waals surface area contributed by atoms with Crippen molar-refractivity contribution in [2.75, 3.05) is 5.32 Å². The number of halogens is 1. The Morgan fingerprint density at radius 3 is 2.40 bits per heavy atom. The fraction of sp³-hybridized carbons (Fsp3) is 0.214. The van der Waals surface area contributed by atoms with Gasteiger partial charge >= 0.3 is 0 Å². The first-order valence-corrected chi connectivity index (χ1v) is 7.15. The zero-order valence-electron chi connectivity index (χ0n) is 10.6. The molecular weight excluding hydrogens is 320 g/mol. The summed E-state index contributed by atoms with van der Waals surface area (Å²) in [7, 11) is 0. The van der Waals surface area contributed by atoms with E-state index in [1.165, 1.54) is 12.4 Å². The number of carbonyl (C=O) groups excluding carboxylic acids is 1. The van der Waals surface area contributed by atoms with E-state index in [9.17, 15) is 4.79 Å². The van der Waals surface area contributed by atoms with Gasteiger partial charge in [0.2, 0.25) is 5.95 Å². The maximum atomic E-state index is 11.8. The smallest absolute Gasteiger partial charge is 0.254 e. The van der Waals surface area contributed by atoms with Gasteiger partial charge in [0, 0.05) is 28.6 Å². The number of anilines is 2. The van der Waals surface area contributed by atoms with Crippen molar-refractivity contribution in [3.05, 3.63) is 46.7 Å². The molecule has 0 aliphatic heterocycles. The second-order valence-corrected chi connectivity index (χ2v) is 5.59. The van der Waals surface area contributed by atoms with Gasteiger partial charge in [0.25, 0.3) is 5.91 Å². The lowest BCUT2D eigenvalue weighted by atomic mass is 10.3. The van der Waals surface area contributed by atoms with E-state index >= 15 is 0 Å². The predicted molar refractivity (Wildman–Crippen MR) is 79.9 cm³/mol. The first-order chi connectivity index (χ1) is 9.70. The summed E-state index contributed by atoms with van der Waals surface area (Å²) in [4.78, 5) is 20.1. The van der Waals surface area contributed by atoms with Gasteiger partial charge in [-0.3, -0.25) is 4.79 Å². The molecule has 2 aromatic rings. The van der Waals surface area contributed by atoms with Crippen molar-refractivity contribution in [1.82, 2.24) is 15.3 Å². The number of nitrogens with one attached hydrogen (secondary N) is 2. The molecule has 1 aliphatic carbocycles. The number of benzene rings is 1. The largest absolute Gasteiger partial charge is 0.349 e. The van der Waals surface area contributed by atoms with Gasteiger partial charge in [-0.2, -0.15) is 0 Å². The maximum Gasteiger partial charge on any atom is 0.254 e. The number of aromatic nitrogens is 2. The van der Waals surface area contributed by atoms with Crippen LogP contribution in [-0.2, 0) is 0 Å². The Balaban J connectivity index is 1.66. The molecule has 102 valence electrons. The summed E-state index contributed by atoms with van der Waals surface area (Å²) in [5.74, 6) is 0.359. The second kappa shape index (κ2) is 5.58. The lowest BCUT2D eigenvalue weighted by Gasteiger charge is -2.06. The average Bonchev–Trinajstić information content (AvgIpc) is 3.26. The zero-order valence-corrected chi connectivity index (χ0v) is 12.2. The first-order valence-electron chi connectivity index (χ1n) is 6.36. The van der Waals surface area contributed by atoms with Crippen LogP contribution in [-0.4, -0.2) is 21.9 Å². The normalized spacial score (nSPS) is 13.8. The van der Waals surface area contributed by atoms with Crippen LogP contribution in [0.1, 0.15) is 23.2 Å². The van der Waals surface area contributed by atoms with Crippen LogP contribution in [0.3, 0.4) is 0 Å². The summed E-state index contributed by atoms with van der Waals surface area (Å²) in [5, 5.41) is 5.98. The molecule has 1 aromatic heterocycles. The van der Waals surface area contributed by atoms with Crippen molar-refractivity contribution in [2.24, 2.45) is 0 Å². The monoisotopic (exact) mass is 332 g/mol. The second-order valence-electron chi connectivity index (χ2n) is 4.67. The minimum absolute atomic E-state index is 0.109. The summed E-state index contributed by atoms with van der Waals surface area (Å²) >= 11 is 3.38. The molecule has 1 aliphatic rings. The van der Waals surface area contributed by atoms with Gasteiger partial charge in [-0.15, -0.1) is 0 Å². The molecule has 0 spiro atoms. The highest BCUT2D eigenvalue weighted by Crippen LogP contribution is 2.19. The third kappa shape index (κ3) is 3.33. The molecule has 1 aromatic carbocycles. The molecule has 0 saturated heterocycles. The van der Waals surface area contributed by atoms with Crippen LogP contribution in [0, 0.1) is 0 Å². The Labute approximate surface area is 125 Å². The van der Waals surface area contributed by atoms with E-state index in [2.05, 4.69) is 36.5 Å². The SMILES string of the molecule is O=C(NC1CC1)c1cnc(Nc2ccc(Br)cc2)nc1. The molecule has 0 bridgehead atoms. The van der Waals surface area contributed by atoms with Crippen LogP contribution < -0.4 is 10.6 Å². The molecule has 1 saturated carbocycles. The van der Waals surface area contributed by atoms with E-state index < -0.39 is 0 Å². The Morgan fingerprint density at radius 1 is 1.15 bits per heavy atom. The van der Waals surface area contributed by atoms with Crippen molar-refractivity contribution >= 4 is 33.5 Å². The molecular formula is C14H13BrN4O. The van der Waals surface area contributed by atoms with Crippen LogP contribution in [0.5, 0.6) is 0 Å². The molecule has 3 rings (SSSR count). The molecule has 1 heterocycles. The summed E-state index contributed by atoms with van der Waals surface area (Å²) in [6.45, 7) is 0. The van der Waals surface area contributed by atoms with Crippen LogP contribution in [0.2, 0.25) is 0 Å². The highest BCUT2D eigenvalue weighted by molar-refractivity contribution is 9.10. The number of rotatable bonds is 4.